The summed E-state index contributed by atoms with van der Waals surface area (Å²) >= 11 is 1.64. The van der Waals surface area contributed by atoms with E-state index >= 15 is 0 Å². The summed E-state index contributed by atoms with van der Waals surface area (Å²) in [6.45, 7) is 0.635. The molecular weight excluding hydrogens is 286 g/mol. The molecule has 0 fully saturated rings. The minimum atomic E-state index is -0.256. The maximum atomic E-state index is 8.87. The van der Waals surface area contributed by atoms with Crippen LogP contribution in [0.1, 0.15) is 23.1 Å². The van der Waals surface area contributed by atoms with Gasteiger partial charge in [0.05, 0.1) is 12.6 Å². The Morgan fingerprint density at radius 3 is 2.89 bits per heavy atom. The van der Waals surface area contributed by atoms with Crippen molar-refractivity contribution in [3.05, 3.63) is 34.2 Å². The summed E-state index contributed by atoms with van der Waals surface area (Å²) in [4.78, 5) is 1.13. The first-order valence-electron chi connectivity index (χ1n) is 5.78. The number of methoxy groups -OCH3 is 1. The number of aliphatic hydroxyl groups is 1. The van der Waals surface area contributed by atoms with Gasteiger partial charge < -0.3 is 20.0 Å². The van der Waals surface area contributed by atoms with Gasteiger partial charge in [0.15, 0.2) is 0 Å². The van der Waals surface area contributed by atoms with Crippen LogP contribution in [0.3, 0.4) is 0 Å². The quantitative estimate of drug-likeness (QED) is 0.861. The van der Waals surface area contributed by atoms with Gasteiger partial charge in [0.1, 0.15) is 11.5 Å². The lowest BCUT2D eigenvalue weighted by molar-refractivity contribution is 0.188. The Labute approximate surface area is 122 Å². The summed E-state index contributed by atoms with van der Waals surface area (Å²) < 4.78 is 10.9. The maximum Gasteiger partial charge on any atom is 0.135 e. The van der Waals surface area contributed by atoms with Crippen molar-refractivity contribution in [3.63, 3.8) is 0 Å². The van der Waals surface area contributed by atoms with Gasteiger partial charge in [0.25, 0.3) is 0 Å². The third kappa shape index (κ3) is 3.81. The average molecular weight is 304 g/mol. The minimum Gasteiger partial charge on any atom is -0.459 e. The monoisotopic (exact) mass is 303 g/mol. The van der Waals surface area contributed by atoms with E-state index in [0.29, 0.717) is 18.8 Å². The van der Waals surface area contributed by atoms with Gasteiger partial charge >= 0.3 is 0 Å². The lowest BCUT2D eigenvalue weighted by Gasteiger charge is -2.05. The molecule has 0 saturated heterocycles. The highest BCUT2D eigenvalue weighted by Gasteiger charge is 2.14. The standard InChI is InChI=1S/C13H17NO3S.ClH/c1-16-8-13-9(5-7-18-13)11-2-3-12(17-11)10(14)4-6-15;/h2-3,5,7,10,15H,4,6,8,14H2,1H3;1H. The molecule has 2 rings (SSSR count). The van der Waals surface area contributed by atoms with E-state index in [0.717, 1.165) is 16.2 Å². The topological polar surface area (TPSA) is 68.6 Å². The van der Waals surface area contributed by atoms with Crippen molar-refractivity contribution in [1.29, 1.82) is 0 Å². The SMILES string of the molecule is COCc1sccc1-c1ccc(C(N)CCO)o1.Cl. The minimum absolute atomic E-state index is 0. The zero-order valence-electron chi connectivity index (χ0n) is 10.7. The molecule has 0 aliphatic heterocycles. The second-order valence-corrected chi connectivity index (χ2v) is 5.01. The maximum absolute atomic E-state index is 8.87. The molecule has 4 nitrogen and oxygen atoms in total. The molecular formula is C13H18ClNO3S. The summed E-state index contributed by atoms with van der Waals surface area (Å²) in [7, 11) is 1.67. The molecule has 1 atom stereocenters. The smallest absolute Gasteiger partial charge is 0.135 e. The van der Waals surface area contributed by atoms with Crippen molar-refractivity contribution in [2.75, 3.05) is 13.7 Å². The largest absolute Gasteiger partial charge is 0.459 e. The van der Waals surface area contributed by atoms with Crippen LogP contribution in [-0.2, 0) is 11.3 Å². The molecule has 0 aliphatic carbocycles. The highest BCUT2D eigenvalue weighted by Crippen LogP contribution is 2.31. The Bertz CT molecular complexity index is 498. The van der Waals surface area contributed by atoms with E-state index in [1.165, 1.54) is 0 Å². The Kier molecular flexibility index (Phi) is 6.54. The van der Waals surface area contributed by atoms with E-state index in [2.05, 4.69) is 0 Å². The fourth-order valence-corrected chi connectivity index (χ4v) is 2.63. The zero-order chi connectivity index (χ0) is 13.0. The van der Waals surface area contributed by atoms with Crippen LogP contribution in [0.25, 0.3) is 11.3 Å². The molecule has 3 N–H and O–H groups in total. The van der Waals surface area contributed by atoms with Crippen LogP contribution < -0.4 is 5.73 Å². The number of ether oxygens (including phenoxy) is 1. The lowest BCUT2D eigenvalue weighted by Crippen LogP contribution is -2.10. The molecule has 2 aromatic rings. The normalized spacial score (nSPS) is 12.2. The number of aliphatic hydroxyl groups excluding tert-OH is 1. The summed E-state index contributed by atoms with van der Waals surface area (Å²) in [5.41, 5.74) is 6.94. The van der Waals surface area contributed by atoms with Crippen LogP contribution in [0, 0.1) is 0 Å². The van der Waals surface area contributed by atoms with E-state index in [9.17, 15) is 0 Å². The first kappa shape index (κ1) is 16.2. The van der Waals surface area contributed by atoms with Crippen LogP contribution in [0.5, 0.6) is 0 Å². The summed E-state index contributed by atoms with van der Waals surface area (Å²) in [5.74, 6) is 1.50. The fourth-order valence-electron chi connectivity index (χ4n) is 1.78. The van der Waals surface area contributed by atoms with Crippen molar-refractivity contribution in [3.8, 4) is 11.3 Å². The number of thiophene rings is 1. The van der Waals surface area contributed by atoms with Crippen LogP contribution in [0.2, 0.25) is 0 Å². The van der Waals surface area contributed by atoms with Crippen molar-refractivity contribution < 1.29 is 14.3 Å². The number of rotatable bonds is 6. The molecule has 19 heavy (non-hydrogen) atoms. The van der Waals surface area contributed by atoms with E-state index < -0.39 is 0 Å². The van der Waals surface area contributed by atoms with Gasteiger partial charge in [-0.3, -0.25) is 0 Å². The van der Waals surface area contributed by atoms with E-state index in [4.69, 9.17) is 20.0 Å². The van der Waals surface area contributed by atoms with Crippen molar-refractivity contribution in [2.24, 2.45) is 5.73 Å². The van der Waals surface area contributed by atoms with E-state index in [1.54, 1.807) is 18.4 Å². The number of hydrogen-bond donors (Lipinski definition) is 2. The second kappa shape index (κ2) is 7.67. The highest BCUT2D eigenvalue weighted by molar-refractivity contribution is 7.10. The van der Waals surface area contributed by atoms with Crippen molar-refractivity contribution >= 4 is 23.7 Å². The first-order chi connectivity index (χ1) is 8.76. The molecule has 0 aliphatic rings. The molecule has 0 bridgehead atoms. The van der Waals surface area contributed by atoms with Crippen LogP contribution in [0.4, 0.5) is 0 Å². The Morgan fingerprint density at radius 2 is 2.21 bits per heavy atom. The summed E-state index contributed by atoms with van der Waals surface area (Å²) in [6, 6.07) is 5.53. The molecule has 1 unspecified atom stereocenters. The van der Waals surface area contributed by atoms with Gasteiger partial charge in [-0.25, -0.2) is 0 Å². The molecule has 2 heterocycles. The third-order valence-corrected chi connectivity index (χ3v) is 3.61. The number of hydrogen-bond acceptors (Lipinski definition) is 5. The van der Waals surface area contributed by atoms with Gasteiger partial charge in [0.2, 0.25) is 0 Å². The van der Waals surface area contributed by atoms with Crippen LogP contribution >= 0.6 is 23.7 Å². The molecule has 0 aromatic carbocycles. The Morgan fingerprint density at radius 1 is 1.42 bits per heavy atom. The number of nitrogens with two attached hydrogens (primary N) is 1. The van der Waals surface area contributed by atoms with E-state index in [-0.39, 0.29) is 25.1 Å². The molecule has 106 valence electrons. The molecule has 0 spiro atoms. The average Bonchev–Trinajstić information content (AvgIpc) is 2.97. The van der Waals surface area contributed by atoms with Gasteiger partial charge in [-0.05, 0) is 30.0 Å². The number of halogens is 1. The van der Waals surface area contributed by atoms with Crippen molar-refractivity contribution in [1.82, 2.24) is 0 Å². The second-order valence-electron chi connectivity index (χ2n) is 4.01. The zero-order valence-corrected chi connectivity index (χ0v) is 12.3. The molecule has 6 heteroatoms. The Balaban J connectivity index is 0.00000180. The molecule has 0 saturated carbocycles. The van der Waals surface area contributed by atoms with Gasteiger partial charge in [-0.15, -0.1) is 23.7 Å². The predicted octanol–water partition coefficient (Wildman–Crippen LogP) is 2.96. The molecule has 0 amide bonds. The predicted molar refractivity (Wildman–Crippen MR) is 78.6 cm³/mol. The number of furan rings is 1. The Hall–Kier alpha value is -0.850. The van der Waals surface area contributed by atoms with Gasteiger partial charge in [-0.1, -0.05) is 0 Å². The van der Waals surface area contributed by atoms with Crippen molar-refractivity contribution in [2.45, 2.75) is 19.1 Å². The summed E-state index contributed by atoms with van der Waals surface area (Å²) in [6.07, 6.45) is 0.502. The van der Waals surface area contributed by atoms with E-state index in [1.807, 2.05) is 23.6 Å². The highest BCUT2D eigenvalue weighted by atomic mass is 35.5. The molecule has 2 aromatic heterocycles. The molecule has 0 radical (unpaired) electrons. The summed E-state index contributed by atoms with van der Waals surface area (Å²) in [5, 5.41) is 10.9. The third-order valence-electron chi connectivity index (χ3n) is 2.72. The lowest BCUT2D eigenvalue weighted by atomic mass is 10.2. The van der Waals surface area contributed by atoms with Gasteiger partial charge in [0, 0.05) is 24.2 Å². The first-order valence-corrected chi connectivity index (χ1v) is 6.66. The fraction of sp³-hybridized carbons (Fsp3) is 0.385. The van der Waals surface area contributed by atoms with Gasteiger partial charge in [-0.2, -0.15) is 0 Å². The van der Waals surface area contributed by atoms with Crippen LogP contribution in [0.15, 0.2) is 28.0 Å². The van der Waals surface area contributed by atoms with Crippen LogP contribution in [-0.4, -0.2) is 18.8 Å².